The number of aromatic hydroxyl groups is 2. The lowest BCUT2D eigenvalue weighted by molar-refractivity contribution is 0.143. The summed E-state index contributed by atoms with van der Waals surface area (Å²) in [5.74, 6) is 0.356. The van der Waals surface area contributed by atoms with Gasteiger partial charge in [-0.25, -0.2) is 0 Å². The molecule has 2 N–H and O–H groups in total. The molecule has 1 rings (SSSR count). The highest BCUT2D eigenvalue weighted by Crippen LogP contribution is 2.36. The molecule has 1 aromatic rings. The molecule has 2 atom stereocenters. The monoisotopic (exact) mass is 265 g/mol. The average Bonchev–Trinajstić information content (AvgIpc) is 2.38. The van der Waals surface area contributed by atoms with Crippen molar-refractivity contribution in [3.8, 4) is 11.5 Å². The van der Waals surface area contributed by atoms with Gasteiger partial charge in [-0.1, -0.05) is 26.3 Å². The fourth-order valence-electron chi connectivity index (χ4n) is 2.51. The van der Waals surface area contributed by atoms with Crippen LogP contribution in [-0.4, -0.2) is 27.7 Å². The summed E-state index contributed by atoms with van der Waals surface area (Å²) in [7, 11) is 0. The molecule has 1 aromatic carbocycles. The Morgan fingerprint density at radius 3 is 2.16 bits per heavy atom. The van der Waals surface area contributed by atoms with E-state index >= 15 is 0 Å². The third kappa shape index (κ3) is 3.87. The second-order valence-corrected chi connectivity index (χ2v) is 5.23. The SMILES string of the molecule is CCCCN(C(C)CC)C(C)c1c(O)cccc1O. The van der Waals surface area contributed by atoms with Gasteiger partial charge in [0.05, 0.1) is 5.56 Å². The molecule has 0 saturated carbocycles. The van der Waals surface area contributed by atoms with Crippen molar-refractivity contribution in [2.75, 3.05) is 6.54 Å². The van der Waals surface area contributed by atoms with Crippen LogP contribution >= 0.6 is 0 Å². The summed E-state index contributed by atoms with van der Waals surface area (Å²) in [6.07, 6.45) is 3.33. The summed E-state index contributed by atoms with van der Waals surface area (Å²) >= 11 is 0. The summed E-state index contributed by atoms with van der Waals surface area (Å²) in [5, 5.41) is 20.0. The van der Waals surface area contributed by atoms with Crippen LogP contribution in [0.2, 0.25) is 0 Å². The molecule has 3 heteroatoms. The van der Waals surface area contributed by atoms with E-state index in [9.17, 15) is 10.2 Å². The third-order valence-corrected chi connectivity index (χ3v) is 3.90. The number of rotatable bonds is 7. The minimum absolute atomic E-state index is 0.0164. The van der Waals surface area contributed by atoms with Crippen molar-refractivity contribution in [1.82, 2.24) is 4.90 Å². The second-order valence-electron chi connectivity index (χ2n) is 5.23. The molecule has 2 unspecified atom stereocenters. The van der Waals surface area contributed by atoms with Gasteiger partial charge >= 0.3 is 0 Å². The smallest absolute Gasteiger partial charge is 0.124 e. The van der Waals surface area contributed by atoms with Crippen molar-refractivity contribution in [2.45, 2.75) is 59.0 Å². The van der Waals surface area contributed by atoms with E-state index in [-0.39, 0.29) is 17.5 Å². The number of hydrogen-bond acceptors (Lipinski definition) is 3. The molecule has 108 valence electrons. The first-order valence-electron chi connectivity index (χ1n) is 7.29. The third-order valence-electron chi connectivity index (χ3n) is 3.90. The Hall–Kier alpha value is -1.22. The molecule has 0 radical (unpaired) electrons. The molecular formula is C16H27NO2. The van der Waals surface area contributed by atoms with Crippen molar-refractivity contribution >= 4 is 0 Å². The van der Waals surface area contributed by atoms with E-state index in [0.717, 1.165) is 25.8 Å². The summed E-state index contributed by atoms with van der Waals surface area (Å²) in [5.41, 5.74) is 0.638. The van der Waals surface area contributed by atoms with Crippen LogP contribution in [-0.2, 0) is 0 Å². The van der Waals surface area contributed by atoms with Crippen LogP contribution in [0.25, 0.3) is 0 Å². The fraction of sp³-hybridized carbons (Fsp3) is 0.625. The molecule has 0 saturated heterocycles. The average molecular weight is 265 g/mol. The summed E-state index contributed by atoms with van der Waals surface area (Å²) < 4.78 is 0. The van der Waals surface area contributed by atoms with E-state index < -0.39 is 0 Å². The Morgan fingerprint density at radius 1 is 1.11 bits per heavy atom. The van der Waals surface area contributed by atoms with E-state index in [0.29, 0.717) is 11.6 Å². The van der Waals surface area contributed by atoms with Gasteiger partial charge in [-0.05, 0) is 45.4 Å². The second kappa shape index (κ2) is 7.39. The van der Waals surface area contributed by atoms with Crippen molar-refractivity contribution in [3.05, 3.63) is 23.8 Å². The van der Waals surface area contributed by atoms with Crippen LogP contribution < -0.4 is 0 Å². The molecule has 3 nitrogen and oxygen atoms in total. The maximum absolute atomic E-state index is 10.0. The number of hydrogen-bond donors (Lipinski definition) is 2. The zero-order valence-corrected chi connectivity index (χ0v) is 12.6. The van der Waals surface area contributed by atoms with Gasteiger partial charge in [0.15, 0.2) is 0 Å². The van der Waals surface area contributed by atoms with Gasteiger partial charge in [-0.15, -0.1) is 0 Å². The number of benzene rings is 1. The zero-order chi connectivity index (χ0) is 14.4. The number of unbranched alkanes of at least 4 members (excludes halogenated alkanes) is 1. The van der Waals surface area contributed by atoms with Crippen LogP contribution in [0.3, 0.4) is 0 Å². The standard InChI is InChI=1S/C16H27NO2/c1-5-7-11-17(12(3)6-2)13(4)16-14(18)9-8-10-15(16)19/h8-10,12-13,18-19H,5-7,11H2,1-4H3. The molecule has 0 heterocycles. The number of phenols is 2. The molecule has 0 fully saturated rings. The molecular weight excluding hydrogens is 238 g/mol. The lowest BCUT2D eigenvalue weighted by Gasteiger charge is -2.35. The topological polar surface area (TPSA) is 43.7 Å². The van der Waals surface area contributed by atoms with Gasteiger partial charge in [0.2, 0.25) is 0 Å². The normalized spacial score (nSPS) is 14.6. The fourth-order valence-corrected chi connectivity index (χ4v) is 2.51. The van der Waals surface area contributed by atoms with Crippen LogP contribution in [0.5, 0.6) is 11.5 Å². The van der Waals surface area contributed by atoms with Gasteiger partial charge in [0, 0.05) is 12.1 Å². The molecule has 0 aromatic heterocycles. The lowest BCUT2D eigenvalue weighted by atomic mass is 10.0. The van der Waals surface area contributed by atoms with Crippen molar-refractivity contribution in [3.63, 3.8) is 0 Å². The van der Waals surface area contributed by atoms with Gasteiger partial charge in [-0.3, -0.25) is 4.90 Å². The van der Waals surface area contributed by atoms with Gasteiger partial charge in [0.25, 0.3) is 0 Å². The van der Waals surface area contributed by atoms with Crippen molar-refractivity contribution < 1.29 is 10.2 Å². The van der Waals surface area contributed by atoms with Crippen LogP contribution in [0.1, 0.15) is 58.6 Å². The Morgan fingerprint density at radius 2 is 1.68 bits per heavy atom. The van der Waals surface area contributed by atoms with Gasteiger partial charge in [0.1, 0.15) is 11.5 Å². The largest absolute Gasteiger partial charge is 0.507 e. The van der Waals surface area contributed by atoms with Crippen molar-refractivity contribution in [2.24, 2.45) is 0 Å². The first kappa shape index (κ1) is 15.8. The quantitative estimate of drug-likeness (QED) is 0.781. The Kier molecular flexibility index (Phi) is 6.16. The minimum Gasteiger partial charge on any atom is -0.507 e. The Bertz CT molecular complexity index is 372. The molecule has 0 aliphatic rings. The van der Waals surface area contributed by atoms with Gasteiger partial charge in [-0.2, -0.15) is 0 Å². The summed E-state index contributed by atoms with van der Waals surface area (Å²) in [4.78, 5) is 2.36. The highest BCUT2D eigenvalue weighted by atomic mass is 16.3. The van der Waals surface area contributed by atoms with E-state index in [1.54, 1.807) is 18.2 Å². The molecule has 0 bridgehead atoms. The zero-order valence-electron chi connectivity index (χ0n) is 12.6. The maximum Gasteiger partial charge on any atom is 0.124 e. The highest BCUT2D eigenvalue weighted by Gasteiger charge is 2.24. The van der Waals surface area contributed by atoms with E-state index in [1.165, 1.54) is 0 Å². The first-order valence-corrected chi connectivity index (χ1v) is 7.29. The first-order chi connectivity index (χ1) is 9.02. The predicted octanol–water partition coefficient (Wildman–Crippen LogP) is 4.06. The predicted molar refractivity (Wildman–Crippen MR) is 79.6 cm³/mol. The molecule has 0 spiro atoms. The number of nitrogens with zero attached hydrogens (tertiary/aromatic N) is 1. The maximum atomic E-state index is 10.0. The lowest BCUT2D eigenvalue weighted by Crippen LogP contribution is -2.36. The van der Waals surface area contributed by atoms with E-state index in [2.05, 4.69) is 32.6 Å². The molecule has 0 aliphatic heterocycles. The summed E-state index contributed by atoms with van der Waals surface area (Å²) in [6, 6.07) is 5.39. The highest BCUT2D eigenvalue weighted by molar-refractivity contribution is 5.45. The van der Waals surface area contributed by atoms with Crippen LogP contribution in [0, 0.1) is 0 Å². The van der Waals surface area contributed by atoms with Crippen molar-refractivity contribution in [1.29, 1.82) is 0 Å². The summed E-state index contributed by atoms with van der Waals surface area (Å²) in [6.45, 7) is 9.58. The molecule has 0 amide bonds. The molecule has 0 aliphatic carbocycles. The molecule has 19 heavy (non-hydrogen) atoms. The Balaban J connectivity index is 3.01. The van der Waals surface area contributed by atoms with E-state index in [1.807, 2.05) is 0 Å². The van der Waals surface area contributed by atoms with E-state index in [4.69, 9.17) is 0 Å². The van der Waals surface area contributed by atoms with Gasteiger partial charge < -0.3 is 10.2 Å². The van der Waals surface area contributed by atoms with Crippen LogP contribution in [0.4, 0.5) is 0 Å². The number of phenolic OH excluding ortho intramolecular Hbond substituents is 2. The van der Waals surface area contributed by atoms with Crippen LogP contribution in [0.15, 0.2) is 18.2 Å². The minimum atomic E-state index is 0.0164. The Labute approximate surface area is 116 Å².